The third-order valence-corrected chi connectivity index (χ3v) is 7.60. The number of halogens is 1. The first-order chi connectivity index (χ1) is 15.7. The monoisotopic (exact) mass is 480 g/mol. The summed E-state index contributed by atoms with van der Waals surface area (Å²) in [5.74, 6) is 1.22. The minimum atomic E-state index is -0.137. The molecule has 1 aromatic heterocycles. The molecule has 0 spiro atoms. The molecule has 2 aromatic carbocycles. The fourth-order valence-electron chi connectivity index (χ4n) is 4.25. The Labute approximate surface area is 204 Å². The van der Waals surface area contributed by atoms with Crippen molar-refractivity contribution >= 4 is 45.7 Å². The summed E-state index contributed by atoms with van der Waals surface area (Å²) >= 11 is 7.75. The molecule has 0 aliphatic heterocycles. The van der Waals surface area contributed by atoms with Crippen molar-refractivity contribution in [1.29, 1.82) is 0 Å². The Morgan fingerprint density at radius 3 is 2.73 bits per heavy atom. The molecule has 0 radical (unpaired) electrons. The zero-order valence-corrected chi connectivity index (χ0v) is 21.0. The average molecular weight is 481 g/mol. The van der Waals surface area contributed by atoms with Crippen molar-refractivity contribution in [3.63, 3.8) is 0 Å². The number of nitrogens with zero attached hydrogens (tertiary/aromatic N) is 1. The molecule has 6 heteroatoms. The maximum Gasteiger partial charge on any atom is 0.259 e. The van der Waals surface area contributed by atoms with Crippen LogP contribution < -0.4 is 10.1 Å². The van der Waals surface area contributed by atoms with Gasteiger partial charge in [0.2, 0.25) is 0 Å². The van der Waals surface area contributed by atoms with Gasteiger partial charge in [-0.2, -0.15) is 0 Å². The van der Waals surface area contributed by atoms with E-state index in [4.69, 9.17) is 21.3 Å². The Kier molecular flexibility index (Phi) is 6.91. The van der Waals surface area contributed by atoms with Crippen LogP contribution in [0.4, 0.5) is 10.7 Å². The second-order valence-corrected chi connectivity index (χ2v) is 11.0. The van der Waals surface area contributed by atoms with E-state index in [2.05, 4.69) is 26.1 Å². The molecule has 172 valence electrons. The first kappa shape index (κ1) is 23.5. The van der Waals surface area contributed by atoms with Crippen LogP contribution >= 0.6 is 22.9 Å². The van der Waals surface area contributed by atoms with Crippen LogP contribution in [0.2, 0.25) is 5.02 Å². The number of rotatable bonds is 5. The highest BCUT2D eigenvalue weighted by Gasteiger charge is 2.33. The molecule has 1 amide bonds. The van der Waals surface area contributed by atoms with Crippen LogP contribution in [0.5, 0.6) is 5.75 Å². The minimum absolute atomic E-state index is 0.137. The Morgan fingerprint density at radius 1 is 1.21 bits per heavy atom. The van der Waals surface area contributed by atoms with Crippen molar-refractivity contribution in [2.75, 3.05) is 12.4 Å². The number of ether oxygens (including phenoxy) is 1. The molecule has 0 saturated carbocycles. The lowest BCUT2D eigenvalue weighted by molar-refractivity contribution is 0.102. The molecule has 1 aliphatic rings. The standard InChI is InChI=1S/C27H29ClN2O2S/c1-27(2,3)18-11-12-22-23(14-18)33-26(29-16-17-7-5-10-21(13-17)32-4)24(22)25(31)30-20-9-6-8-19(28)15-20/h5-10,13,15-16,18H,11-12,14H2,1-4H3,(H,30,31)/t18-/m0/s1. The number of carbonyl (C=O) groups is 1. The van der Waals surface area contributed by atoms with Gasteiger partial charge in [-0.25, -0.2) is 4.99 Å². The molecule has 4 nitrogen and oxygen atoms in total. The average Bonchev–Trinajstić information content (AvgIpc) is 3.15. The molecule has 0 fully saturated rings. The number of hydrogen-bond acceptors (Lipinski definition) is 4. The van der Waals surface area contributed by atoms with E-state index in [1.54, 1.807) is 36.8 Å². The lowest BCUT2D eigenvalue weighted by atomic mass is 9.72. The van der Waals surface area contributed by atoms with Gasteiger partial charge in [-0.3, -0.25) is 4.79 Å². The SMILES string of the molecule is COc1cccc(C=Nc2sc3c(c2C(=O)Nc2cccc(Cl)c2)CC[C@H](C(C)(C)C)C3)c1. The van der Waals surface area contributed by atoms with E-state index in [1.165, 1.54) is 4.88 Å². The number of anilines is 1. The lowest BCUT2D eigenvalue weighted by Crippen LogP contribution is -2.27. The molecule has 33 heavy (non-hydrogen) atoms. The molecular weight excluding hydrogens is 452 g/mol. The van der Waals surface area contributed by atoms with Crippen LogP contribution in [0.3, 0.4) is 0 Å². The highest BCUT2D eigenvalue weighted by molar-refractivity contribution is 7.16. The number of thiophene rings is 1. The quantitative estimate of drug-likeness (QED) is 0.383. The number of aliphatic imine (C=N–C) groups is 1. The Morgan fingerprint density at radius 2 is 2.00 bits per heavy atom. The van der Waals surface area contributed by atoms with Crippen molar-refractivity contribution in [2.24, 2.45) is 16.3 Å². The number of benzene rings is 2. The van der Waals surface area contributed by atoms with E-state index in [-0.39, 0.29) is 11.3 Å². The highest BCUT2D eigenvalue weighted by atomic mass is 35.5. The van der Waals surface area contributed by atoms with Gasteiger partial charge in [-0.1, -0.05) is 50.6 Å². The Hall–Kier alpha value is -2.63. The summed E-state index contributed by atoms with van der Waals surface area (Å²) in [6, 6.07) is 15.0. The van der Waals surface area contributed by atoms with Crippen molar-refractivity contribution < 1.29 is 9.53 Å². The third kappa shape index (κ3) is 5.48. The van der Waals surface area contributed by atoms with Crippen molar-refractivity contribution in [3.05, 3.63) is 75.1 Å². The van der Waals surface area contributed by atoms with Crippen LogP contribution in [0.25, 0.3) is 0 Å². The van der Waals surface area contributed by atoms with Crippen LogP contribution in [-0.4, -0.2) is 19.2 Å². The van der Waals surface area contributed by atoms with E-state index >= 15 is 0 Å². The largest absolute Gasteiger partial charge is 0.497 e. The summed E-state index contributed by atoms with van der Waals surface area (Å²) in [5, 5.41) is 4.36. The van der Waals surface area contributed by atoms with E-state index < -0.39 is 0 Å². The Balaban J connectivity index is 1.70. The summed E-state index contributed by atoms with van der Waals surface area (Å²) in [4.78, 5) is 19.5. The molecule has 1 N–H and O–H groups in total. The number of amides is 1. The fourth-order valence-corrected chi connectivity index (χ4v) is 5.71. The van der Waals surface area contributed by atoms with Gasteiger partial charge in [0, 0.05) is 21.8 Å². The fraction of sp³-hybridized carbons (Fsp3) is 0.333. The molecular formula is C27H29ClN2O2S. The van der Waals surface area contributed by atoms with E-state index in [0.29, 0.717) is 22.2 Å². The first-order valence-corrected chi connectivity index (χ1v) is 12.3. The number of hydrogen-bond donors (Lipinski definition) is 1. The predicted octanol–water partition coefficient (Wildman–Crippen LogP) is 7.56. The highest BCUT2D eigenvalue weighted by Crippen LogP contribution is 2.45. The smallest absolute Gasteiger partial charge is 0.259 e. The van der Waals surface area contributed by atoms with E-state index in [0.717, 1.165) is 41.1 Å². The van der Waals surface area contributed by atoms with Gasteiger partial charge in [0.1, 0.15) is 10.8 Å². The van der Waals surface area contributed by atoms with Crippen molar-refractivity contribution in [2.45, 2.75) is 40.0 Å². The van der Waals surface area contributed by atoms with Gasteiger partial charge in [0.15, 0.2) is 0 Å². The molecule has 4 rings (SSSR count). The van der Waals surface area contributed by atoms with E-state index in [1.807, 2.05) is 36.4 Å². The molecule has 1 aliphatic carbocycles. The van der Waals surface area contributed by atoms with Gasteiger partial charge < -0.3 is 10.1 Å². The first-order valence-electron chi connectivity index (χ1n) is 11.1. The molecule has 3 aromatic rings. The van der Waals surface area contributed by atoms with Crippen LogP contribution in [0.1, 0.15) is 53.6 Å². The van der Waals surface area contributed by atoms with Crippen LogP contribution in [0, 0.1) is 11.3 Å². The van der Waals surface area contributed by atoms with Gasteiger partial charge in [0.05, 0.1) is 12.7 Å². The summed E-state index contributed by atoms with van der Waals surface area (Å²) in [6.45, 7) is 6.89. The minimum Gasteiger partial charge on any atom is -0.497 e. The summed E-state index contributed by atoms with van der Waals surface area (Å²) in [7, 11) is 1.65. The van der Waals surface area contributed by atoms with Gasteiger partial charge >= 0.3 is 0 Å². The zero-order chi connectivity index (χ0) is 23.6. The maximum atomic E-state index is 13.4. The van der Waals surface area contributed by atoms with Crippen molar-refractivity contribution in [1.82, 2.24) is 0 Å². The maximum absolute atomic E-state index is 13.4. The van der Waals surface area contributed by atoms with Gasteiger partial charge in [-0.05, 0) is 72.1 Å². The molecule has 0 bridgehead atoms. The number of carbonyl (C=O) groups excluding carboxylic acids is 1. The zero-order valence-electron chi connectivity index (χ0n) is 19.4. The number of methoxy groups -OCH3 is 1. The Bertz CT molecular complexity index is 1190. The molecule has 1 atom stereocenters. The number of nitrogens with one attached hydrogen (secondary N) is 1. The topological polar surface area (TPSA) is 50.7 Å². The summed E-state index contributed by atoms with van der Waals surface area (Å²) < 4.78 is 5.32. The third-order valence-electron chi connectivity index (χ3n) is 6.21. The second kappa shape index (κ2) is 9.70. The van der Waals surface area contributed by atoms with Crippen LogP contribution in [0.15, 0.2) is 53.5 Å². The second-order valence-electron chi connectivity index (χ2n) is 9.49. The summed E-state index contributed by atoms with van der Waals surface area (Å²) in [5.41, 5.74) is 3.65. The van der Waals surface area contributed by atoms with Crippen LogP contribution in [-0.2, 0) is 12.8 Å². The van der Waals surface area contributed by atoms with Crippen molar-refractivity contribution in [3.8, 4) is 5.75 Å². The molecule has 0 saturated heterocycles. The molecule has 1 heterocycles. The van der Waals surface area contributed by atoms with E-state index in [9.17, 15) is 4.79 Å². The lowest BCUT2D eigenvalue weighted by Gasteiger charge is -2.33. The normalized spacial score (nSPS) is 16.0. The van der Waals surface area contributed by atoms with Gasteiger partial charge in [0.25, 0.3) is 5.91 Å². The van der Waals surface area contributed by atoms with Gasteiger partial charge in [-0.15, -0.1) is 11.3 Å². The number of fused-ring (bicyclic) bond motifs is 1. The molecule has 0 unspecified atom stereocenters. The predicted molar refractivity (Wildman–Crippen MR) is 139 cm³/mol. The summed E-state index contributed by atoms with van der Waals surface area (Å²) in [6.07, 6.45) is 4.75.